The van der Waals surface area contributed by atoms with E-state index in [0.29, 0.717) is 11.3 Å². The van der Waals surface area contributed by atoms with Crippen molar-refractivity contribution in [2.24, 2.45) is 0 Å². The molecule has 0 bridgehead atoms. The largest absolute Gasteiger partial charge is 0.456 e. The van der Waals surface area contributed by atoms with Crippen molar-refractivity contribution in [1.29, 1.82) is 0 Å². The topological polar surface area (TPSA) is 46.6 Å². The minimum atomic E-state index is -0.309. The van der Waals surface area contributed by atoms with Gasteiger partial charge in [0.1, 0.15) is 6.61 Å². The Morgan fingerprint density at radius 2 is 1.70 bits per heavy atom. The summed E-state index contributed by atoms with van der Waals surface area (Å²) < 4.78 is 5.35. The number of ether oxygens (including phenoxy) is 1. The van der Waals surface area contributed by atoms with Crippen molar-refractivity contribution in [2.45, 2.75) is 39.5 Å². The van der Waals surface area contributed by atoms with Gasteiger partial charge in [0.25, 0.3) is 0 Å². The molecule has 138 valence electrons. The minimum absolute atomic E-state index is 0.00150. The van der Waals surface area contributed by atoms with Crippen LogP contribution >= 0.6 is 0 Å². The lowest BCUT2D eigenvalue weighted by Gasteiger charge is -2.32. The fourth-order valence-corrected chi connectivity index (χ4v) is 4.10. The highest BCUT2D eigenvalue weighted by molar-refractivity contribution is 6.06. The molecule has 0 saturated carbocycles. The summed E-state index contributed by atoms with van der Waals surface area (Å²) in [5.41, 5.74) is 6.52. The molecule has 2 aliphatic rings. The van der Waals surface area contributed by atoms with Crippen LogP contribution in [0.4, 0.5) is 5.69 Å². The third-order valence-electron chi connectivity index (χ3n) is 5.37. The lowest BCUT2D eigenvalue weighted by Crippen LogP contribution is -2.37. The highest BCUT2D eigenvalue weighted by Gasteiger charge is 2.42. The van der Waals surface area contributed by atoms with E-state index >= 15 is 0 Å². The maximum atomic E-state index is 13.1. The highest BCUT2D eigenvalue weighted by Crippen LogP contribution is 2.42. The van der Waals surface area contributed by atoms with Gasteiger partial charge in [0.05, 0.1) is 11.3 Å². The number of amides is 1. The van der Waals surface area contributed by atoms with E-state index < -0.39 is 0 Å². The summed E-state index contributed by atoms with van der Waals surface area (Å²) in [7, 11) is 0. The first-order chi connectivity index (χ1) is 13.0. The third kappa shape index (κ3) is 3.05. The quantitative estimate of drug-likeness (QED) is 0.770. The van der Waals surface area contributed by atoms with Gasteiger partial charge in [-0.15, -0.1) is 0 Å². The van der Waals surface area contributed by atoms with E-state index in [1.54, 1.807) is 4.90 Å². The van der Waals surface area contributed by atoms with Gasteiger partial charge in [0.2, 0.25) is 5.91 Å². The Morgan fingerprint density at radius 3 is 2.33 bits per heavy atom. The number of anilines is 1. The standard InChI is InChI=1S/C23H23NO3/c1-4-16-5-7-17(8-6-16)19-12-21(25)24(20-13-27-23(26)22(19)20)18-10-14(2)9-15(3)11-18/h5-11,19H,4,12-13H2,1-3H3. The highest BCUT2D eigenvalue weighted by atomic mass is 16.5. The molecule has 2 aromatic rings. The molecule has 0 N–H and O–H groups in total. The number of nitrogens with zero attached hydrogens (tertiary/aromatic N) is 1. The Morgan fingerprint density at radius 1 is 1.04 bits per heavy atom. The summed E-state index contributed by atoms with van der Waals surface area (Å²) in [6.45, 7) is 6.27. The number of carbonyl (C=O) groups is 2. The first-order valence-corrected chi connectivity index (χ1v) is 9.38. The predicted octanol–water partition coefficient (Wildman–Crippen LogP) is 4.20. The van der Waals surface area contributed by atoms with Crippen molar-refractivity contribution in [3.63, 3.8) is 0 Å². The second-order valence-corrected chi connectivity index (χ2v) is 7.36. The number of cyclic esters (lactones) is 1. The van der Waals surface area contributed by atoms with Crippen LogP contribution in [0.1, 0.15) is 41.5 Å². The van der Waals surface area contributed by atoms with Crippen molar-refractivity contribution in [3.05, 3.63) is 76.0 Å². The van der Waals surface area contributed by atoms with E-state index in [0.717, 1.165) is 28.8 Å². The van der Waals surface area contributed by atoms with Crippen LogP contribution in [0, 0.1) is 13.8 Å². The van der Waals surface area contributed by atoms with Gasteiger partial charge in [-0.25, -0.2) is 4.79 Å². The Kier molecular flexibility index (Phi) is 4.34. The molecule has 2 aliphatic heterocycles. The molecule has 0 spiro atoms. The number of hydrogen-bond acceptors (Lipinski definition) is 3. The Bertz CT molecular complexity index is 936. The molecular weight excluding hydrogens is 338 g/mol. The Hall–Kier alpha value is -2.88. The molecule has 4 heteroatoms. The van der Waals surface area contributed by atoms with Gasteiger partial charge in [-0.2, -0.15) is 0 Å². The van der Waals surface area contributed by atoms with Crippen LogP contribution in [0.5, 0.6) is 0 Å². The SMILES string of the molecule is CCc1ccc(C2CC(=O)N(c3cc(C)cc(C)c3)C3=C2C(=O)OC3)cc1. The zero-order valence-electron chi connectivity index (χ0n) is 15.9. The third-order valence-corrected chi connectivity index (χ3v) is 5.37. The Balaban J connectivity index is 1.81. The summed E-state index contributed by atoms with van der Waals surface area (Å²) in [6.07, 6.45) is 1.23. The number of hydrogen-bond donors (Lipinski definition) is 0. The second kappa shape index (κ2) is 6.69. The van der Waals surface area contributed by atoms with Crippen LogP contribution in [-0.4, -0.2) is 18.5 Å². The first-order valence-electron chi connectivity index (χ1n) is 9.38. The van der Waals surface area contributed by atoms with Crippen molar-refractivity contribution in [2.75, 3.05) is 11.5 Å². The number of benzene rings is 2. The molecule has 4 nitrogen and oxygen atoms in total. The molecule has 4 rings (SSSR count). The maximum absolute atomic E-state index is 13.1. The average Bonchev–Trinajstić information content (AvgIpc) is 3.02. The van der Waals surface area contributed by atoms with Gasteiger partial charge < -0.3 is 4.74 Å². The molecule has 1 atom stereocenters. The normalized spacial score (nSPS) is 19.4. The van der Waals surface area contributed by atoms with Gasteiger partial charge in [-0.3, -0.25) is 9.69 Å². The van der Waals surface area contributed by atoms with Gasteiger partial charge >= 0.3 is 5.97 Å². The summed E-state index contributed by atoms with van der Waals surface area (Å²) in [4.78, 5) is 27.3. The van der Waals surface area contributed by atoms with E-state index in [9.17, 15) is 9.59 Å². The minimum Gasteiger partial charge on any atom is -0.456 e. The molecule has 0 fully saturated rings. The van der Waals surface area contributed by atoms with Crippen molar-refractivity contribution in [3.8, 4) is 0 Å². The average molecular weight is 361 g/mol. The molecular formula is C23H23NO3. The first kappa shape index (κ1) is 17.5. The number of carbonyl (C=O) groups excluding carboxylic acids is 2. The van der Waals surface area contributed by atoms with E-state index in [4.69, 9.17) is 4.74 Å². The van der Waals surface area contributed by atoms with E-state index in [-0.39, 0.29) is 30.8 Å². The maximum Gasteiger partial charge on any atom is 0.336 e. The zero-order valence-corrected chi connectivity index (χ0v) is 15.9. The molecule has 1 unspecified atom stereocenters. The fourth-order valence-electron chi connectivity index (χ4n) is 4.10. The van der Waals surface area contributed by atoms with Crippen LogP contribution < -0.4 is 4.90 Å². The lowest BCUT2D eigenvalue weighted by atomic mass is 9.83. The molecule has 2 aromatic carbocycles. The molecule has 0 aromatic heterocycles. The molecule has 0 aliphatic carbocycles. The zero-order chi connectivity index (χ0) is 19.1. The van der Waals surface area contributed by atoms with E-state index in [1.807, 2.05) is 38.1 Å². The monoisotopic (exact) mass is 361 g/mol. The van der Waals surface area contributed by atoms with Gasteiger partial charge in [-0.1, -0.05) is 37.3 Å². The number of aryl methyl sites for hydroxylation is 3. The summed E-state index contributed by atoms with van der Waals surface area (Å²) in [6, 6.07) is 14.2. The van der Waals surface area contributed by atoms with E-state index in [1.165, 1.54) is 5.56 Å². The summed E-state index contributed by atoms with van der Waals surface area (Å²) in [5.74, 6) is -0.548. The lowest BCUT2D eigenvalue weighted by molar-refractivity contribution is -0.136. The molecule has 27 heavy (non-hydrogen) atoms. The van der Waals surface area contributed by atoms with Gasteiger partial charge in [-0.05, 0) is 54.7 Å². The molecule has 0 radical (unpaired) electrons. The van der Waals surface area contributed by atoms with Gasteiger partial charge in [0, 0.05) is 18.0 Å². The predicted molar refractivity (Wildman–Crippen MR) is 105 cm³/mol. The number of rotatable bonds is 3. The van der Waals surface area contributed by atoms with Gasteiger partial charge in [0.15, 0.2) is 0 Å². The van der Waals surface area contributed by atoms with Crippen LogP contribution in [0.25, 0.3) is 0 Å². The van der Waals surface area contributed by atoms with Crippen molar-refractivity contribution in [1.82, 2.24) is 0 Å². The molecule has 2 heterocycles. The van der Waals surface area contributed by atoms with Crippen molar-refractivity contribution < 1.29 is 14.3 Å². The summed E-state index contributed by atoms with van der Waals surface area (Å²) >= 11 is 0. The van der Waals surface area contributed by atoms with Crippen LogP contribution in [-0.2, 0) is 20.7 Å². The summed E-state index contributed by atoms with van der Waals surface area (Å²) in [5, 5.41) is 0. The second-order valence-electron chi connectivity index (χ2n) is 7.36. The smallest absolute Gasteiger partial charge is 0.336 e. The molecule has 0 saturated heterocycles. The molecule has 1 amide bonds. The fraction of sp³-hybridized carbons (Fsp3) is 0.304. The van der Waals surface area contributed by atoms with E-state index in [2.05, 4.69) is 25.1 Å². The van der Waals surface area contributed by atoms with Crippen molar-refractivity contribution >= 4 is 17.6 Å². The number of esters is 1. The van der Waals surface area contributed by atoms with Crippen LogP contribution in [0.15, 0.2) is 53.7 Å². The Labute approximate surface area is 159 Å². The van der Waals surface area contributed by atoms with Crippen LogP contribution in [0.3, 0.4) is 0 Å². The van der Waals surface area contributed by atoms with Crippen LogP contribution in [0.2, 0.25) is 0 Å².